The summed E-state index contributed by atoms with van der Waals surface area (Å²) in [6, 6.07) is 5.42. The highest BCUT2D eigenvalue weighted by atomic mass is 19.4. The number of para-hydroxylation sites is 1. The van der Waals surface area contributed by atoms with Crippen molar-refractivity contribution in [3.05, 3.63) is 41.5 Å². The molecule has 1 aliphatic heterocycles. The van der Waals surface area contributed by atoms with Gasteiger partial charge in [-0.1, -0.05) is 72.6 Å². The van der Waals surface area contributed by atoms with Gasteiger partial charge in [-0.3, -0.25) is 14.4 Å². The van der Waals surface area contributed by atoms with E-state index in [4.69, 9.17) is 4.74 Å². The van der Waals surface area contributed by atoms with E-state index in [9.17, 15) is 27.6 Å². The molecule has 9 atom stereocenters. The first-order valence-corrected chi connectivity index (χ1v) is 19.8. The second-order valence-electron chi connectivity index (χ2n) is 19.6. The molecule has 0 N–H and O–H groups in total. The molecule has 9 heteroatoms. The van der Waals surface area contributed by atoms with Crippen LogP contribution >= 0.6 is 0 Å². The van der Waals surface area contributed by atoms with E-state index in [0.717, 1.165) is 51.0 Å². The van der Waals surface area contributed by atoms with Gasteiger partial charge in [0.25, 0.3) is 0 Å². The quantitative estimate of drug-likeness (QED) is 0.291. The van der Waals surface area contributed by atoms with Crippen molar-refractivity contribution in [1.82, 2.24) is 4.90 Å². The van der Waals surface area contributed by atoms with Crippen LogP contribution in [0.25, 0.3) is 0 Å². The number of piperazine rings is 1. The van der Waals surface area contributed by atoms with Gasteiger partial charge in [0.15, 0.2) is 12.0 Å². The summed E-state index contributed by atoms with van der Waals surface area (Å²) >= 11 is 0. The van der Waals surface area contributed by atoms with E-state index in [1.54, 1.807) is 15.9 Å². The summed E-state index contributed by atoms with van der Waals surface area (Å²) in [6.45, 7) is 18.0. The molecule has 1 saturated heterocycles. The average molecular weight is 725 g/mol. The third kappa shape index (κ3) is 5.50. The zero-order valence-electron chi connectivity index (χ0n) is 32.5. The van der Waals surface area contributed by atoms with Gasteiger partial charge >= 0.3 is 12.1 Å². The van der Waals surface area contributed by atoms with Crippen molar-refractivity contribution >= 4 is 23.3 Å². The van der Waals surface area contributed by atoms with Crippen molar-refractivity contribution in [2.75, 3.05) is 24.5 Å². The number of nitrogens with zero attached hydrogens (tertiary/aromatic N) is 2. The molecule has 0 radical (unpaired) electrons. The Morgan fingerprint density at radius 1 is 0.885 bits per heavy atom. The standard InChI is InChI=1S/C43H59F3N2O4/c1-27(49)52-34-26-47(31-13-10-9-12-28(31)43(44,45)46)22-23-48(34)36(51)39(5)19-18-38(4)20-21-41(7)29(30(38)25-39)24-32(50)35-40(6)16-11-15-37(2,3)33(40)14-17-42(35,41)8/h9-10,12-13,24,30,33-35H,11,14-23,25-26H2,1-8H3/t30-,33?,34?,35?,38-,39?,40+,41-,42-/m1/s1. The Bertz CT molecular complexity index is 1690. The van der Waals surface area contributed by atoms with E-state index in [2.05, 4.69) is 47.6 Å². The van der Waals surface area contributed by atoms with Crippen LogP contribution in [0, 0.1) is 50.2 Å². The number of allylic oxidation sites excluding steroid dienone is 2. The van der Waals surface area contributed by atoms with E-state index in [1.807, 2.05) is 6.92 Å². The molecule has 0 aromatic heterocycles. The van der Waals surface area contributed by atoms with E-state index >= 15 is 0 Å². The number of benzene rings is 1. The van der Waals surface area contributed by atoms with Crippen LogP contribution in [0.4, 0.5) is 18.9 Å². The molecule has 52 heavy (non-hydrogen) atoms. The second kappa shape index (κ2) is 12.1. The molecule has 0 spiro atoms. The lowest BCUT2D eigenvalue weighted by Gasteiger charge is -2.70. The number of anilines is 1. The normalized spacial score (nSPS) is 41.5. The number of ketones is 1. The highest BCUT2D eigenvalue weighted by Gasteiger charge is 2.69. The van der Waals surface area contributed by atoms with Crippen molar-refractivity contribution in [3.63, 3.8) is 0 Å². The van der Waals surface area contributed by atoms with Gasteiger partial charge in [0.2, 0.25) is 5.91 Å². The SMILES string of the molecule is CC(=O)OC1CN(c2ccccc2C(F)(F)F)CCN1C(=O)C1(C)CC[C@]2(C)CC[C@]3(C)C(=CC(=O)C4[C@@]5(C)CCCC(C)(C)C5CC[C@]43C)[C@H]2C1. The van der Waals surface area contributed by atoms with Crippen LogP contribution in [0.3, 0.4) is 0 Å². The van der Waals surface area contributed by atoms with Crippen molar-refractivity contribution in [1.29, 1.82) is 0 Å². The number of hydrogen-bond acceptors (Lipinski definition) is 5. The summed E-state index contributed by atoms with van der Waals surface area (Å²) in [7, 11) is 0. The zero-order chi connectivity index (χ0) is 37.9. The maximum atomic E-state index is 14.8. The van der Waals surface area contributed by atoms with Crippen LogP contribution in [0.1, 0.15) is 125 Å². The van der Waals surface area contributed by atoms with Gasteiger partial charge in [-0.25, -0.2) is 0 Å². The maximum absolute atomic E-state index is 14.8. The lowest BCUT2D eigenvalue weighted by atomic mass is 9.33. The molecule has 1 amide bonds. The van der Waals surface area contributed by atoms with Crippen LogP contribution in [0.5, 0.6) is 0 Å². The van der Waals surface area contributed by atoms with Gasteiger partial charge in [0, 0.05) is 37.0 Å². The number of hydrogen-bond donors (Lipinski definition) is 0. The molecule has 1 aromatic rings. The Morgan fingerprint density at radius 2 is 1.58 bits per heavy atom. The van der Waals surface area contributed by atoms with Crippen molar-refractivity contribution in [2.45, 2.75) is 132 Å². The van der Waals surface area contributed by atoms with Gasteiger partial charge in [0.05, 0.1) is 12.1 Å². The van der Waals surface area contributed by atoms with Gasteiger partial charge in [-0.05, 0) is 115 Å². The van der Waals surface area contributed by atoms with Crippen molar-refractivity contribution in [3.8, 4) is 0 Å². The van der Waals surface area contributed by atoms with E-state index in [1.165, 1.54) is 31.1 Å². The smallest absolute Gasteiger partial charge is 0.418 e. The number of ether oxygens (including phenoxy) is 1. The number of carbonyl (C=O) groups is 3. The molecule has 1 aromatic carbocycles. The fourth-order valence-electron chi connectivity index (χ4n) is 13.3. The molecule has 1 heterocycles. The van der Waals surface area contributed by atoms with E-state index < -0.39 is 29.4 Å². The monoisotopic (exact) mass is 724 g/mol. The lowest BCUT2D eigenvalue weighted by Crippen LogP contribution is -2.65. The number of halogens is 3. The summed E-state index contributed by atoms with van der Waals surface area (Å²) in [6.07, 6.45) is 6.31. The zero-order valence-corrected chi connectivity index (χ0v) is 32.5. The van der Waals surface area contributed by atoms with Crippen molar-refractivity contribution < 1.29 is 32.3 Å². The highest BCUT2D eigenvalue weighted by Crippen LogP contribution is 2.75. The van der Waals surface area contributed by atoms with Crippen molar-refractivity contribution in [2.24, 2.45) is 50.2 Å². The first-order valence-electron chi connectivity index (χ1n) is 19.8. The number of rotatable bonds is 3. The molecule has 4 saturated carbocycles. The molecule has 286 valence electrons. The predicted molar refractivity (Wildman–Crippen MR) is 195 cm³/mol. The molecular formula is C43H59F3N2O4. The summed E-state index contributed by atoms with van der Waals surface area (Å²) in [4.78, 5) is 45.1. The second-order valence-corrected chi connectivity index (χ2v) is 19.6. The van der Waals surface area contributed by atoms with E-state index in [-0.39, 0.29) is 75.9 Å². The number of alkyl halides is 3. The minimum atomic E-state index is -4.55. The molecule has 5 fully saturated rings. The highest BCUT2D eigenvalue weighted by molar-refractivity contribution is 5.96. The summed E-state index contributed by atoms with van der Waals surface area (Å²) < 4.78 is 47.7. The van der Waals surface area contributed by atoms with Gasteiger partial charge in [0.1, 0.15) is 0 Å². The summed E-state index contributed by atoms with van der Waals surface area (Å²) in [5.41, 5.74) is -0.484. The van der Waals surface area contributed by atoms with Crippen LogP contribution in [-0.4, -0.2) is 48.4 Å². The Labute approximate surface area is 308 Å². The summed E-state index contributed by atoms with van der Waals surface area (Å²) in [5.74, 6) is 0.129. The van der Waals surface area contributed by atoms with Crippen LogP contribution < -0.4 is 4.90 Å². The average Bonchev–Trinajstić information content (AvgIpc) is 3.05. The number of esters is 1. The Hall–Kier alpha value is -2.84. The molecular weight excluding hydrogens is 665 g/mol. The van der Waals surface area contributed by atoms with Crippen LogP contribution in [0.15, 0.2) is 35.9 Å². The molecule has 6 nitrogen and oxygen atoms in total. The lowest BCUT2D eigenvalue weighted by molar-refractivity contribution is -0.186. The van der Waals surface area contributed by atoms with Gasteiger partial charge in [-0.2, -0.15) is 13.2 Å². The topological polar surface area (TPSA) is 66.9 Å². The molecule has 4 unspecified atom stereocenters. The minimum absolute atomic E-state index is 0.0146. The fourth-order valence-corrected chi connectivity index (χ4v) is 13.3. The number of amides is 1. The maximum Gasteiger partial charge on any atom is 0.418 e. The first-order chi connectivity index (χ1) is 24.1. The first kappa shape index (κ1) is 37.5. The summed E-state index contributed by atoms with van der Waals surface area (Å²) in [5, 5.41) is 0. The van der Waals surface area contributed by atoms with Crippen LogP contribution in [-0.2, 0) is 25.3 Å². The minimum Gasteiger partial charge on any atom is -0.440 e. The van der Waals surface area contributed by atoms with E-state index in [0.29, 0.717) is 18.8 Å². The fraction of sp³-hybridized carbons (Fsp3) is 0.744. The predicted octanol–water partition coefficient (Wildman–Crippen LogP) is 9.61. The number of carbonyl (C=O) groups excluding carboxylic acids is 3. The molecule has 0 bridgehead atoms. The Morgan fingerprint density at radius 3 is 2.27 bits per heavy atom. The third-order valence-electron chi connectivity index (χ3n) is 16.3. The van der Waals surface area contributed by atoms with Gasteiger partial charge in [-0.15, -0.1) is 0 Å². The number of fused-ring (bicyclic) bond motifs is 7. The molecule has 6 aliphatic rings. The molecule has 7 rings (SSSR count). The Balaban J connectivity index is 1.19. The molecule has 5 aliphatic carbocycles. The van der Waals surface area contributed by atoms with Gasteiger partial charge < -0.3 is 14.5 Å². The largest absolute Gasteiger partial charge is 0.440 e. The Kier molecular flexibility index (Phi) is 8.71. The third-order valence-corrected chi connectivity index (χ3v) is 16.3. The van der Waals surface area contributed by atoms with Crippen LogP contribution in [0.2, 0.25) is 0 Å².